The molecule has 0 aromatic carbocycles. The van der Waals surface area contributed by atoms with Crippen LogP contribution in [0.2, 0.25) is 0 Å². The number of aliphatic hydroxyl groups excluding tert-OH is 4. The zero-order valence-corrected chi connectivity index (χ0v) is 40.4. The molecule has 10 heteroatoms. The fourth-order valence-corrected chi connectivity index (χ4v) is 18.3. The molecular formula is C53H86O10. The second-order valence-electron chi connectivity index (χ2n) is 24.0. The van der Waals surface area contributed by atoms with Crippen LogP contribution in [0.15, 0.2) is 0 Å². The van der Waals surface area contributed by atoms with Gasteiger partial charge in [-0.15, -0.1) is 0 Å². The maximum Gasteiger partial charge on any atom is 0.305 e. The van der Waals surface area contributed by atoms with Gasteiger partial charge in [0, 0.05) is 47.3 Å². The van der Waals surface area contributed by atoms with Crippen LogP contribution >= 0.6 is 0 Å². The summed E-state index contributed by atoms with van der Waals surface area (Å²) in [4.78, 5) is 50.8. The van der Waals surface area contributed by atoms with Crippen molar-refractivity contribution >= 4 is 23.5 Å². The highest BCUT2D eigenvalue weighted by molar-refractivity contribution is 5.86. The van der Waals surface area contributed by atoms with Crippen LogP contribution in [0, 0.1) is 105 Å². The molecule has 8 aliphatic carbocycles. The van der Waals surface area contributed by atoms with E-state index in [2.05, 4.69) is 55.4 Å². The van der Waals surface area contributed by atoms with E-state index in [-0.39, 0.29) is 117 Å². The lowest BCUT2D eigenvalue weighted by Crippen LogP contribution is -2.63. The van der Waals surface area contributed by atoms with Crippen molar-refractivity contribution in [2.75, 3.05) is 7.11 Å². The molecule has 0 aromatic rings. The second-order valence-corrected chi connectivity index (χ2v) is 24.0. The predicted octanol–water partition coefficient (Wildman–Crippen LogP) is 8.67. The van der Waals surface area contributed by atoms with Crippen LogP contribution in [0.4, 0.5) is 0 Å². The quantitative estimate of drug-likeness (QED) is 0.133. The third kappa shape index (κ3) is 7.92. The van der Waals surface area contributed by atoms with Crippen molar-refractivity contribution in [1.29, 1.82) is 0 Å². The van der Waals surface area contributed by atoms with Crippen molar-refractivity contribution in [1.82, 2.24) is 0 Å². The average molecular weight is 883 g/mol. The zero-order valence-electron chi connectivity index (χ0n) is 40.4. The van der Waals surface area contributed by atoms with Crippen molar-refractivity contribution in [2.24, 2.45) is 105 Å². The number of aliphatic hydroxyl groups is 4. The Morgan fingerprint density at radius 3 is 1.37 bits per heavy atom. The van der Waals surface area contributed by atoms with Crippen LogP contribution in [0.5, 0.6) is 0 Å². The molecule has 10 nitrogen and oxygen atoms in total. The lowest BCUT2D eigenvalue weighted by molar-refractivity contribution is -0.193. The highest BCUT2D eigenvalue weighted by atomic mass is 16.5. The minimum absolute atomic E-state index is 0.00603. The van der Waals surface area contributed by atoms with Crippen molar-refractivity contribution in [2.45, 2.75) is 195 Å². The maximum atomic E-state index is 14.0. The van der Waals surface area contributed by atoms with E-state index in [1.807, 2.05) is 0 Å². The third-order valence-electron chi connectivity index (χ3n) is 21.8. The second kappa shape index (κ2) is 18.3. The highest BCUT2D eigenvalue weighted by Crippen LogP contribution is 2.70. The van der Waals surface area contributed by atoms with Crippen LogP contribution in [0.1, 0.15) is 171 Å². The highest BCUT2D eigenvalue weighted by Gasteiger charge is 2.69. The smallest absolute Gasteiger partial charge is 0.305 e. The minimum Gasteiger partial charge on any atom is -0.481 e. The fraction of sp³-hybridized carbons (Fsp3) is 0.925. The van der Waals surface area contributed by atoms with Crippen molar-refractivity contribution in [3.05, 3.63) is 0 Å². The van der Waals surface area contributed by atoms with Crippen LogP contribution < -0.4 is 0 Å². The molecule has 0 aliphatic heterocycles. The molecule has 6 unspecified atom stereocenters. The van der Waals surface area contributed by atoms with E-state index < -0.39 is 18.2 Å². The lowest BCUT2D eigenvalue weighted by Gasteiger charge is -2.63. The molecule has 22 atom stereocenters. The topological polar surface area (TPSA) is 179 Å². The number of methoxy groups -OCH3 is 1. The Morgan fingerprint density at radius 2 is 1.00 bits per heavy atom. The van der Waals surface area contributed by atoms with Gasteiger partial charge in [0.2, 0.25) is 0 Å². The number of ether oxygens (including phenoxy) is 1. The normalized spacial score (nSPS) is 49.7. The number of hydrogen-bond donors (Lipinski definition) is 5. The van der Waals surface area contributed by atoms with Crippen LogP contribution in [-0.4, -0.2) is 80.6 Å². The monoisotopic (exact) mass is 883 g/mol. The predicted molar refractivity (Wildman–Crippen MR) is 241 cm³/mol. The Balaban J connectivity index is 0.000000189. The van der Waals surface area contributed by atoms with Gasteiger partial charge in [-0.1, -0.05) is 55.4 Å². The van der Waals surface area contributed by atoms with Gasteiger partial charge in [-0.3, -0.25) is 19.2 Å². The summed E-state index contributed by atoms with van der Waals surface area (Å²) in [6.07, 6.45) is 12.5. The lowest BCUT2D eigenvalue weighted by atomic mass is 9.41. The van der Waals surface area contributed by atoms with Crippen molar-refractivity contribution in [3.8, 4) is 0 Å². The van der Waals surface area contributed by atoms with Gasteiger partial charge in [-0.2, -0.15) is 0 Å². The Hall–Kier alpha value is -1.88. The van der Waals surface area contributed by atoms with E-state index in [4.69, 9.17) is 9.84 Å². The minimum atomic E-state index is -0.762. The van der Waals surface area contributed by atoms with Gasteiger partial charge < -0.3 is 30.3 Å². The SMILES string of the molecule is CC[C@H]1C(=O)C2C3CC[C@H]([C@H](C)CCC(=O)O)[C@@]3(C)[C@@H](O)CC2[C@@]2(C)CC[C@@H](O)C[C@@H]12.CC[C@H]1C(=O)C2C3CC[C@H]([C@H](C)CCC(=O)OC)[C@@]3(C)[C@@H](O)CC2[C@@]2(C)CC[C@@H](O)C[C@@H]12. The van der Waals surface area contributed by atoms with E-state index in [0.717, 1.165) is 83.5 Å². The molecule has 0 radical (unpaired) electrons. The fourth-order valence-electron chi connectivity index (χ4n) is 18.3. The van der Waals surface area contributed by atoms with E-state index >= 15 is 0 Å². The number of rotatable bonds is 10. The first kappa shape index (κ1) is 49.0. The van der Waals surface area contributed by atoms with E-state index in [9.17, 15) is 39.6 Å². The summed E-state index contributed by atoms with van der Waals surface area (Å²) in [5, 5.41) is 53.1. The van der Waals surface area contributed by atoms with Crippen LogP contribution in [-0.2, 0) is 23.9 Å². The Bertz CT molecular complexity index is 1700. The summed E-state index contributed by atoms with van der Waals surface area (Å²) in [6.45, 7) is 17.7. The molecule has 358 valence electrons. The number of fused-ring (bicyclic) bond motifs is 10. The molecule has 8 saturated carbocycles. The number of carbonyl (C=O) groups is 4. The van der Waals surface area contributed by atoms with Crippen LogP contribution in [0.25, 0.3) is 0 Å². The molecule has 0 spiro atoms. The number of carboxylic acids is 1. The van der Waals surface area contributed by atoms with Crippen molar-refractivity contribution in [3.63, 3.8) is 0 Å². The number of Topliss-reactive ketones (excluding diaryl/α,β-unsaturated/α-hetero) is 2. The van der Waals surface area contributed by atoms with Gasteiger partial charge >= 0.3 is 11.9 Å². The average Bonchev–Trinajstić information content (AvgIpc) is 3.80. The molecule has 0 heterocycles. The largest absolute Gasteiger partial charge is 0.481 e. The molecule has 0 aromatic heterocycles. The molecule has 8 rings (SSSR count). The van der Waals surface area contributed by atoms with E-state index in [1.165, 1.54) is 7.11 Å². The molecule has 8 aliphatic rings. The summed E-state index contributed by atoms with van der Waals surface area (Å²) in [6, 6.07) is 0. The number of esters is 1. The first-order valence-electron chi connectivity index (χ1n) is 25.7. The summed E-state index contributed by atoms with van der Waals surface area (Å²) >= 11 is 0. The summed E-state index contributed by atoms with van der Waals surface area (Å²) < 4.78 is 4.84. The van der Waals surface area contributed by atoms with Gasteiger partial charge in [0.15, 0.2) is 0 Å². The summed E-state index contributed by atoms with van der Waals surface area (Å²) in [5.74, 6) is 2.35. The number of carbonyl (C=O) groups excluding carboxylic acids is 3. The first-order chi connectivity index (χ1) is 29.6. The maximum absolute atomic E-state index is 14.0. The summed E-state index contributed by atoms with van der Waals surface area (Å²) in [5.41, 5.74) is -0.560. The van der Waals surface area contributed by atoms with Gasteiger partial charge in [0.05, 0.1) is 31.5 Å². The molecule has 63 heavy (non-hydrogen) atoms. The van der Waals surface area contributed by atoms with E-state index in [1.54, 1.807) is 0 Å². The Kier molecular flexibility index (Phi) is 14.3. The molecule has 0 bridgehead atoms. The molecule has 0 amide bonds. The number of ketones is 2. The number of carboxylic acid groups (broad SMARTS) is 1. The number of hydrogen-bond acceptors (Lipinski definition) is 9. The van der Waals surface area contributed by atoms with Gasteiger partial charge in [0.1, 0.15) is 11.6 Å². The molecule has 5 N–H and O–H groups in total. The number of aliphatic carboxylic acids is 1. The standard InChI is InChI=1S/C27H44O5.C26H42O5/c1-6-17-20-13-16(28)11-12-26(20,3)21-14-22(29)27(4)18(15(2)7-10-23(30)32-5)8-9-19(27)24(21)25(17)31;1-5-16-19-12-15(27)10-11-25(19,3)20-13-21(28)26(4)17(14(2)6-9-22(29)30)7-8-18(26)23(20)24(16)31/h15-22,24,28-29H,6-14H2,1-5H3;14-21,23,27-28H,5-13H2,1-4H3,(H,29,30)/t15-,16-,17-,18-,19?,20+,21?,22+,24?,26+,27-;14-,15-,16-,17-,18?,19+,20?,21+,23?,25+,26-/m11/s1. The van der Waals surface area contributed by atoms with E-state index in [0.29, 0.717) is 49.1 Å². The Labute approximate surface area is 378 Å². The first-order valence-corrected chi connectivity index (χ1v) is 25.7. The van der Waals surface area contributed by atoms with Gasteiger partial charge in [-0.25, -0.2) is 0 Å². The Morgan fingerprint density at radius 1 is 0.603 bits per heavy atom. The zero-order chi connectivity index (χ0) is 46.1. The van der Waals surface area contributed by atoms with Crippen molar-refractivity contribution < 1.29 is 49.4 Å². The molecular weight excluding hydrogens is 797 g/mol. The van der Waals surface area contributed by atoms with Crippen LogP contribution in [0.3, 0.4) is 0 Å². The third-order valence-corrected chi connectivity index (χ3v) is 21.8. The van der Waals surface area contributed by atoms with Gasteiger partial charge in [-0.05, 0) is 173 Å². The summed E-state index contributed by atoms with van der Waals surface area (Å²) in [7, 11) is 1.43. The molecule has 8 fully saturated rings. The van der Waals surface area contributed by atoms with Gasteiger partial charge in [0.25, 0.3) is 0 Å². The molecule has 0 saturated heterocycles.